The Bertz CT molecular complexity index is 947. The SMILES string of the molecule is CCS(=O)(=O)c1c(NC(=O)OC(C)(C)C)nc2ccc(C(C)(F)F)cn12.[HH]. The number of carbonyl (C=O) groups is 1. The van der Waals surface area contributed by atoms with Crippen molar-refractivity contribution in [2.75, 3.05) is 11.1 Å². The Morgan fingerprint density at radius 1 is 1.31 bits per heavy atom. The maximum absolute atomic E-state index is 13.6. The molecule has 0 aliphatic carbocycles. The van der Waals surface area contributed by atoms with E-state index in [1.54, 1.807) is 20.8 Å². The summed E-state index contributed by atoms with van der Waals surface area (Å²) in [7, 11) is -3.88. The number of carbonyl (C=O) groups excluding carboxylic acids is 1. The molecular formula is C16H23F2N3O4S. The average Bonchev–Trinajstić information content (AvgIpc) is 2.81. The molecule has 0 aromatic carbocycles. The lowest BCUT2D eigenvalue weighted by molar-refractivity contribution is 0.0170. The van der Waals surface area contributed by atoms with Gasteiger partial charge in [0.1, 0.15) is 11.2 Å². The Morgan fingerprint density at radius 2 is 1.92 bits per heavy atom. The lowest BCUT2D eigenvalue weighted by atomic mass is 10.2. The number of pyridine rings is 1. The van der Waals surface area contributed by atoms with E-state index in [4.69, 9.17) is 4.74 Å². The van der Waals surface area contributed by atoms with Crippen LogP contribution in [0.1, 0.15) is 41.6 Å². The van der Waals surface area contributed by atoms with Crippen LogP contribution in [0.15, 0.2) is 23.4 Å². The average molecular weight is 391 g/mol. The molecule has 0 radical (unpaired) electrons. The van der Waals surface area contributed by atoms with Gasteiger partial charge in [-0.05, 0) is 32.9 Å². The summed E-state index contributed by atoms with van der Waals surface area (Å²) >= 11 is 0. The van der Waals surface area contributed by atoms with E-state index < -0.39 is 27.5 Å². The fourth-order valence-corrected chi connectivity index (χ4v) is 3.31. The van der Waals surface area contributed by atoms with Gasteiger partial charge in [-0.1, -0.05) is 6.92 Å². The first-order valence-electron chi connectivity index (χ1n) is 7.88. The zero-order valence-electron chi connectivity index (χ0n) is 15.1. The zero-order chi connectivity index (χ0) is 19.9. The van der Waals surface area contributed by atoms with Crippen molar-refractivity contribution in [1.29, 1.82) is 0 Å². The van der Waals surface area contributed by atoms with Crippen LogP contribution in [0.4, 0.5) is 19.4 Å². The number of nitrogens with one attached hydrogen (secondary N) is 1. The number of hydrogen-bond donors (Lipinski definition) is 1. The van der Waals surface area contributed by atoms with Gasteiger partial charge in [-0.2, -0.15) is 0 Å². The molecule has 1 amide bonds. The number of ether oxygens (including phenoxy) is 1. The number of amides is 1. The van der Waals surface area contributed by atoms with Gasteiger partial charge in [0, 0.05) is 20.1 Å². The number of imidazole rings is 1. The molecule has 0 unspecified atom stereocenters. The molecule has 10 heteroatoms. The van der Waals surface area contributed by atoms with E-state index in [1.165, 1.54) is 13.0 Å². The summed E-state index contributed by atoms with van der Waals surface area (Å²) in [5.41, 5.74) is -1.07. The summed E-state index contributed by atoms with van der Waals surface area (Å²) in [6, 6.07) is 2.42. The van der Waals surface area contributed by atoms with Gasteiger partial charge in [0.05, 0.1) is 5.75 Å². The summed E-state index contributed by atoms with van der Waals surface area (Å²) < 4.78 is 58.4. The van der Waals surface area contributed by atoms with Crippen molar-refractivity contribution in [2.45, 2.75) is 51.2 Å². The van der Waals surface area contributed by atoms with Crippen LogP contribution in [-0.4, -0.2) is 35.2 Å². The van der Waals surface area contributed by atoms with Crippen molar-refractivity contribution in [3.8, 4) is 0 Å². The summed E-state index contributed by atoms with van der Waals surface area (Å²) in [6.07, 6.45) is 0.111. The van der Waals surface area contributed by atoms with Crippen LogP contribution in [0.5, 0.6) is 0 Å². The van der Waals surface area contributed by atoms with Gasteiger partial charge in [0.25, 0.3) is 5.92 Å². The second-order valence-corrected chi connectivity index (χ2v) is 9.02. The maximum atomic E-state index is 13.6. The largest absolute Gasteiger partial charge is 0.444 e. The molecule has 2 rings (SSSR count). The van der Waals surface area contributed by atoms with Crippen LogP contribution in [0, 0.1) is 0 Å². The maximum Gasteiger partial charge on any atom is 0.413 e. The Hall–Kier alpha value is -2.23. The molecule has 1 N–H and O–H groups in total. The Labute approximate surface area is 151 Å². The van der Waals surface area contributed by atoms with Crippen molar-refractivity contribution in [3.63, 3.8) is 0 Å². The Kier molecular flexibility index (Phi) is 5.02. The number of sulfone groups is 1. The smallest absolute Gasteiger partial charge is 0.413 e. The van der Waals surface area contributed by atoms with Gasteiger partial charge >= 0.3 is 6.09 Å². The molecule has 7 nitrogen and oxygen atoms in total. The highest BCUT2D eigenvalue weighted by Gasteiger charge is 2.30. The Balaban J connectivity index is 0.00000364. The molecule has 0 aliphatic rings. The van der Waals surface area contributed by atoms with E-state index in [1.807, 2.05) is 0 Å². The molecule has 0 atom stereocenters. The third kappa shape index (κ3) is 4.29. The number of alkyl halides is 2. The minimum Gasteiger partial charge on any atom is -0.444 e. The molecule has 0 bridgehead atoms. The van der Waals surface area contributed by atoms with E-state index in [2.05, 4.69) is 10.3 Å². The monoisotopic (exact) mass is 391 g/mol. The molecule has 0 aliphatic heterocycles. The Morgan fingerprint density at radius 3 is 2.42 bits per heavy atom. The third-order valence-electron chi connectivity index (χ3n) is 3.38. The predicted octanol–water partition coefficient (Wildman–Crippen LogP) is 3.83. The molecule has 0 spiro atoms. The van der Waals surface area contributed by atoms with Crippen LogP contribution in [0.25, 0.3) is 5.65 Å². The third-order valence-corrected chi connectivity index (χ3v) is 5.11. The summed E-state index contributed by atoms with van der Waals surface area (Å²) in [6.45, 7) is 7.06. The van der Waals surface area contributed by atoms with Crippen molar-refractivity contribution in [3.05, 3.63) is 23.9 Å². The predicted molar refractivity (Wildman–Crippen MR) is 94.5 cm³/mol. The first-order valence-corrected chi connectivity index (χ1v) is 9.53. The number of aromatic nitrogens is 2. The van der Waals surface area contributed by atoms with Crippen molar-refractivity contribution < 1.29 is 28.2 Å². The fraction of sp³-hybridized carbons (Fsp3) is 0.500. The number of halogens is 2. The topological polar surface area (TPSA) is 89.8 Å². The van der Waals surface area contributed by atoms with Crippen LogP contribution >= 0.6 is 0 Å². The fourth-order valence-electron chi connectivity index (χ4n) is 2.20. The second kappa shape index (κ2) is 6.49. The van der Waals surface area contributed by atoms with Gasteiger partial charge in [0.2, 0.25) is 0 Å². The summed E-state index contributed by atoms with van der Waals surface area (Å²) in [5.74, 6) is -3.72. The van der Waals surface area contributed by atoms with Crippen LogP contribution in [0.3, 0.4) is 0 Å². The first kappa shape index (κ1) is 20.1. The van der Waals surface area contributed by atoms with Crippen LogP contribution < -0.4 is 5.32 Å². The van der Waals surface area contributed by atoms with Gasteiger partial charge in [-0.3, -0.25) is 9.72 Å². The number of anilines is 1. The van der Waals surface area contributed by atoms with Gasteiger partial charge in [-0.15, -0.1) is 0 Å². The minimum absolute atomic E-state index is 0. The van der Waals surface area contributed by atoms with Gasteiger partial charge < -0.3 is 4.74 Å². The van der Waals surface area contributed by atoms with Crippen molar-refractivity contribution in [2.24, 2.45) is 0 Å². The molecule has 2 aromatic heterocycles. The van der Waals surface area contributed by atoms with E-state index in [-0.39, 0.29) is 29.2 Å². The molecule has 0 saturated carbocycles. The van der Waals surface area contributed by atoms with E-state index >= 15 is 0 Å². The van der Waals surface area contributed by atoms with Crippen LogP contribution in [-0.2, 0) is 20.5 Å². The quantitative estimate of drug-likeness (QED) is 0.855. The van der Waals surface area contributed by atoms with Gasteiger partial charge in [0.15, 0.2) is 20.7 Å². The number of fused-ring (bicyclic) bond motifs is 1. The summed E-state index contributed by atoms with van der Waals surface area (Å²) in [5, 5.41) is 1.93. The molecule has 0 saturated heterocycles. The molecule has 2 aromatic rings. The highest BCUT2D eigenvalue weighted by Crippen LogP contribution is 2.30. The molecule has 146 valence electrons. The first-order chi connectivity index (χ1) is 11.7. The highest BCUT2D eigenvalue weighted by molar-refractivity contribution is 7.91. The molecule has 0 fully saturated rings. The molecule has 26 heavy (non-hydrogen) atoms. The number of hydrogen-bond acceptors (Lipinski definition) is 5. The lowest BCUT2D eigenvalue weighted by Crippen LogP contribution is -2.28. The van der Waals surface area contributed by atoms with Crippen LogP contribution in [0.2, 0.25) is 0 Å². The van der Waals surface area contributed by atoms with E-state index in [0.717, 1.165) is 16.7 Å². The van der Waals surface area contributed by atoms with Crippen molar-refractivity contribution in [1.82, 2.24) is 9.38 Å². The minimum atomic E-state index is -3.88. The second-order valence-electron chi connectivity index (χ2n) is 6.83. The highest BCUT2D eigenvalue weighted by atomic mass is 32.2. The number of nitrogens with zero attached hydrogens (tertiary/aromatic N) is 2. The zero-order valence-corrected chi connectivity index (χ0v) is 15.9. The molecule has 2 heterocycles. The van der Waals surface area contributed by atoms with E-state index in [0.29, 0.717) is 6.92 Å². The van der Waals surface area contributed by atoms with E-state index in [9.17, 15) is 22.0 Å². The number of rotatable bonds is 4. The van der Waals surface area contributed by atoms with Crippen molar-refractivity contribution >= 4 is 27.4 Å². The van der Waals surface area contributed by atoms with Gasteiger partial charge in [-0.25, -0.2) is 27.0 Å². The molecular weight excluding hydrogens is 368 g/mol. The lowest BCUT2D eigenvalue weighted by Gasteiger charge is -2.19. The standard InChI is InChI=1S/C16H21F2N3O4S.H2/c1-6-26(23,24)13-12(20-14(22)25-15(2,3)4)19-11-8-7-10(9-21(11)13)16(5,17)18;/h7-9H,6H2,1-5H3,(H,20,22);1H. The normalized spacial score (nSPS) is 13.0. The summed E-state index contributed by atoms with van der Waals surface area (Å²) in [4.78, 5) is 16.0.